The number of benzene rings is 1. The lowest BCUT2D eigenvalue weighted by Crippen LogP contribution is -2.27. The van der Waals surface area contributed by atoms with Gasteiger partial charge in [0.1, 0.15) is 10.7 Å². The highest BCUT2D eigenvalue weighted by Gasteiger charge is 2.37. The Labute approximate surface area is 166 Å². The van der Waals surface area contributed by atoms with E-state index in [-0.39, 0.29) is 11.6 Å². The van der Waals surface area contributed by atoms with E-state index >= 15 is 0 Å². The summed E-state index contributed by atoms with van der Waals surface area (Å²) in [4.78, 5) is 35.4. The third-order valence-electron chi connectivity index (χ3n) is 3.71. The van der Waals surface area contributed by atoms with Crippen molar-refractivity contribution in [2.45, 2.75) is 6.18 Å². The standard InChI is InChI=1S/C17H12ClF3N2O6/c1-28-15(24)10-5-3-4-6-22(14(10)16(25)29-2)11-7-9(17(19,20)21)8-12(13(11)18)23(26)27/h3-8H,1-2H3. The summed E-state index contributed by atoms with van der Waals surface area (Å²) in [5.41, 5.74) is -3.88. The molecule has 154 valence electrons. The van der Waals surface area contributed by atoms with E-state index in [0.717, 1.165) is 25.3 Å². The number of alkyl halides is 3. The Kier molecular flexibility index (Phi) is 6.32. The zero-order chi connectivity index (χ0) is 21.9. The Morgan fingerprint density at radius 2 is 1.76 bits per heavy atom. The number of anilines is 1. The van der Waals surface area contributed by atoms with E-state index in [0.29, 0.717) is 6.07 Å². The third-order valence-corrected chi connectivity index (χ3v) is 4.09. The number of hydrogen-bond acceptors (Lipinski definition) is 7. The summed E-state index contributed by atoms with van der Waals surface area (Å²) in [5.74, 6) is -2.11. The molecule has 1 aromatic rings. The second-order valence-electron chi connectivity index (χ2n) is 5.40. The first-order valence-electron chi connectivity index (χ1n) is 7.63. The zero-order valence-corrected chi connectivity index (χ0v) is 15.6. The number of halogens is 4. The van der Waals surface area contributed by atoms with Crippen molar-refractivity contribution < 1.29 is 37.2 Å². The van der Waals surface area contributed by atoms with Gasteiger partial charge in [-0.05, 0) is 18.2 Å². The number of nitrogens with zero attached hydrogens (tertiary/aromatic N) is 2. The zero-order valence-electron chi connectivity index (χ0n) is 14.8. The molecule has 8 nitrogen and oxygen atoms in total. The summed E-state index contributed by atoms with van der Waals surface area (Å²) in [5, 5.41) is 10.5. The molecule has 0 aliphatic carbocycles. The first kappa shape index (κ1) is 22.0. The minimum absolute atomic E-state index is 0.272. The number of methoxy groups -OCH3 is 2. The number of rotatable bonds is 4. The van der Waals surface area contributed by atoms with E-state index in [1.807, 2.05) is 0 Å². The highest BCUT2D eigenvalue weighted by Crippen LogP contribution is 2.43. The van der Waals surface area contributed by atoms with Crippen LogP contribution in [0, 0.1) is 10.1 Å². The molecule has 0 N–H and O–H groups in total. The van der Waals surface area contributed by atoms with Gasteiger partial charge in [-0.25, -0.2) is 9.59 Å². The Morgan fingerprint density at radius 1 is 1.14 bits per heavy atom. The maximum Gasteiger partial charge on any atom is 0.416 e. The van der Waals surface area contributed by atoms with Gasteiger partial charge in [-0.3, -0.25) is 10.1 Å². The molecule has 0 bridgehead atoms. The highest BCUT2D eigenvalue weighted by atomic mass is 35.5. The van der Waals surface area contributed by atoms with E-state index in [1.165, 1.54) is 18.2 Å². The molecule has 29 heavy (non-hydrogen) atoms. The van der Waals surface area contributed by atoms with Crippen molar-refractivity contribution in [2.24, 2.45) is 0 Å². The van der Waals surface area contributed by atoms with Crippen molar-refractivity contribution >= 4 is 34.9 Å². The van der Waals surface area contributed by atoms with Crippen LogP contribution in [0.2, 0.25) is 5.02 Å². The Hall–Kier alpha value is -3.34. The van der Waals surface area contributed by atoms with E-state index in [2.05, 4.69) is 9.47 Å². The molecule has 2 rings (SSSR count). The molecule has 0 spiro atoms. The van der Waals surface area contributed by atoms with Crippen LogP contribution >= 0.6 is 11.6 Å². The third kappa shape index (κ3) is 4.40. The molecule has 0 radical (unpaired) electrons. The van der Waals surface area contributed by atoms with Gasteiger partial charge in [0.15, 0.2) is 0 Å². The number of allylic oxidation sites excluding steroid dienone is 2. The lowest BCUT2D eigenvalue weighted by Gasteiger charge is -2.24. The number of hydrogen-bond donors (Lipinski definition) is 0. The van der Waals surface area contributed by atoms with E-state index in [1.54, 1.807) is 0 Å². The van der Waals surface area contributed by atoms with Crippen LogP contribution in [0.15, 0.2) is 47.8 Å². The van der Waals surface area contributed by atoms with Crippen LogP contribution in [0.1, 0.15) is 5.56 Å². The SMILES string of the molecule is COC(=O)C1=C(C(=O)OC)N(c2cc(C(F)(F)F)cc([N+](=O)[O-])c2Cl)C=CC=C1. The van der Waals surface area contributed by atoms with Gasteiger partial charge in [-0.1, -0.05) is 17.7 Å². The Balaban J connectivity index is 2.89. The Bertz CT molecular complexity index is 969. The van der Waals surface area contributed by atoms with E-state index < -0.39 is 50.7 Å². The fraction of sp³-hybridized carbons (Fsp3) is 0.176. The molecule has 1 aliphatic rings. The van der Waals surface area contributed by atoms with Gasteiger partial charge in [0.25, 0.3) is 5.69 Å². The van der Waals surface area contributed by atoms with Gasteiger partial charge < -0.3 is 14.4 Å². The van der Waals surface area contributed by atoms with Crippen LogP contribution in [0.25, 0.3) is 0 Å². The van der Waals surface area contributed by atoms with Crippen LogP contribution in [-0.2, 0) is 25.2 Å². The predicted molar refractivity (Wildman–Crippen MR) is 94.9 cm³/mol. The first-order chi connectivity index (χ1) is 13.5. The molecule has 1 heterocycles. The average molecular weight is 433 g/mol. The quantitative estimate of drug-likeness (QED) is 0.406. The molecular formula is C17H12ClF3N2O6. The second kappa shape index (κ2) is 8.35. The Morgan fingerprint density at radius 3 is 2.28 bits per heavy atom. The van der Waals surface area contributed by atoms with Gasteiger partial charge in [0, 0.05) is 12.3 Å². The predicted octanol–water partition coefficient (Wildman–Crippen LogP) is 3.76. The van der Waals surface area contributed by atoms with Crippen LogP contribution in [0.4, 0.5) is 24.5 Å². The normalized spacial score (nSPS) is 13.9. The summed E-state index contributed by atoms with van der Waals surface area (Å²) in [7, 11) is 2.01. The van der Waals surface area contributed by atoms with Gasteiger partial charge in [-0.2, -0.15) is 13.2 Å². The summed E-state index contributed by atoms with van der Waals surface area (Å²) in [6.07, 6.45) is -0.0844. The fourth-order valence-electron chi connectivity index (χ4n) is 2.42. The van der Waals surface area contributed by atoms with Crippen molar-refractivity contribution in [1.82, 2.24) is 0 Å². The number of esters is 2. The molecule has 0 aromatic heterocycles. The summed E-state index contributed by atoms with van der Waals surface area (Å²) < 4.78 is 49.1. The van der Waals surface area contributed by atoms with E-state index in [9.17, 15) is 32.9 Å². The molecule has 0 atom stereocenters. The van der Waals surface area contributed by atoms with Gasteiger partial charge in [0.2, 0.25) is 0 Å². The number of nitro groups is 1. The molecule has 1 aliphatic heterocycles. The van der Waals surface area contributed by atoms with Crippen LogP contribution in [-0.4, -0.2) is 31.1 Å². The van der Waals surface area contributed by atoms with Crippen LogP contribution < -0.4 is 4.90 Å². The van der Waals surface area contributed by atoms with Crippen LogP contribution in [0.5, 0.6) is 0 Å². The van der Waals surface area contributed by atoms with Crippen LogP contribution in [0.3, 0.4) is 0 Å². The van der Waals surface area contributed by atoms with Gasteiger partial charge in [0.05, 0.1) is 36.0 Å². The van der Waals surface area contributed by atoms with E-state index in [4.69, 9.17) is 11.6 Å². The van der Waals surface area contributed by atoms with Crippen molar-refractivity contribution in [3.8, 4) is 0 Å². The summed E-state index contributed by atoms with van der Waals surface area (Å²) in [6, 6.07) is 0.789. The largest absolute Gasteiger partial charge is 0.465 e. The van der Waals surface area contributed by atoms with Crippen molar-refractivity contribution in [2.75, 3.05) is 19.1 Å². The first-order valence-corrected chi connectivity index (χ1v) is 8.00. The number of ether oxygens (including phenoxy) is 2. The maximum atomic E-state index is 13.3. The second-order valence-corrected chi connectivity index (χ2v) is 5.78. The smallest absolute Gasteiger partial charge is 0.416 e. The maximum absolute atomic E-state index is 13.3. The molecule has 0 fully saturated rings. The van der Waals surface area contributed by atoms with Gasteiger partial charge >= 0.3 is 18.1 Å². The fourth-order valence-corrected chi connectivity index (χ4v) is 2.69. The topological polar surface area (TPSA) is 99.0 Å². The molecule has 0 amide bonds. The number of carbonyl (C=O) groups excluding carboxylic acids is 2. The average Bonchev–Trinajstić information content (AvgIpc) is 2.88. The van der Waals surface area contributed by atoms with Crippen molar-refractivity contribution in [3.05, 3.63) is 68.5 Å². The molecule has 0 saturated heterocycles. The molecule has 1 aromatic carbocycles. The summed E-state index contributed by atoms with van der Waals surface area (Å²) >= 11 is 5.99. The summed E-state index contributed by atoms with van der Waals surface area (Å²) in [6.45, 7) is 0. The number of nitro benzene ring substituents is 1. The molecule has 12 heteroatoms. The highest BCUT2D eigenvalue weighted by molar-refractivity contribution is 6.35. The minimum Gasteiger partial charge on any atom is -0.465 e. The number of carbonyl (C=O) groups is 2. The lowest BCUT2D eigenvalue weighted by molar-refractivity contribution is -0.384. The molecule has 0 unspecified atom stereocenters. The monoisotopic (exact) mass is 432 g/mol. The van der Waals surface area contributed by atoms with Crippen molar-refractivity contribution in [3.63, 3.8) is 0 Å². The molecular weight excluding hydrogens is 421 g/mol. The minimum atomic E-state index is -4.95. The van der Waals surface area contributed by atoms with Gasteiger partial charge in [-0.15, -0.1) is 0 Å². The molecule has 0 saturated carbocycles. The lowest BCUT2D eigenvalue weighted by atomic mass is 10.1. The van der Waals surface area contributed by atoms with Crippen molar-refractivity contribution in [1.29, 1.82) is 0 Å².